The summed E-state index contributed by atoms with van der Waals surface area (Å²) in [6.07, 6.45) is 2.63. The number of ether oxygens (including phenoxy) is 2. The first-order chi connectivity index (χ1) is 14.2. The lowest BCUT2D eigenvalue weighted by Crippen LogP contribution is -2.36. The Balaban J connectivity index is 1.45. The van der Waals surface area contributed by atoms with Gasteiger partial charge in [0.25, 0.3) is 5.65 Å². The van der Waals surface area contributed by atoms with Crippen LogP contribution >= 0.6 is 27.7 Å². The first kappa shape index (κ1) is 18.3. The summed E-state index contributed by atoms with van der Waals surface area (Å²) < 4.78 is 13.8. The summed E-state index contributed by atoms with van der Waals surface area (Å²) in [5.74, 6) is 1.89. The van der Waals surface area contributed by atoms with Crippen molar-refractivity contribution in [3.63, 3.8) is 0 Å². The second kappa shape index (κ2) is 7.57. The fourth-order valence-electron chi connectivity index (χ4n) is 3.17. The van der Waals surface area contributed by atoms with Gasteiger partial charge in [0, 0.05) is 15.8 Å². The van der Waals surface area contributed by atoms with E-state index < -0.39 is 0 Å². The average Bonchev–Trinajstić information content (AvgIpc) is 3.36. The third-order valence-corrected chi connectivity index (χ3v) is 6.51. The minimum atomic E-state index is 0.240. The van der Waals surface area contributed by atoms with Crippen LogP contribution in [-0.4, -0.2) is 21.7 Å². The van der Waals surface area contributed by atoms with E-state index in [-0.39, 0.29) is 6.79 Å². The smallest absolute Gasteiger partial charge is 0.294 e. The molecular formula is C20H17BrN5O2S+. The van der Waals surface area contributed by atoms with E-state index in [0.717, 1.165) is 50.2 Å². The van der Waals surface area contributed by atoms with Crippen molar-refractivity contribution < 1.29 is 14.0 Å². The van der Waals surface area contributed by atoms with Crippen molar-refractivity contribution in [1.29, 1.82) is 0 Å². The van der Waals surface area contributed by atoms with Crippen molar-refractivity contribution >= 4 is 44.7 Å². The molecule has 0 unspecified atom stereocenters. The van der Waals surface area contributed by atoms with Crippen LogP contribution in [0.2, 0.25) is 0 Å². The van der Waals surface area contributed by atoms with E-state index >= 15 is 0 Å². The molecule has 0 aliphatic carbocycles. The quantitative estimate of drug-likeness (QED) is 0.432. The Bertz CT molecular complexity index is 1200. The Morgan fingerprint density at radius 2 is 1.97 bits per heavy atom. The van der Waals surface area contributed by atoms with Crippen molar-refractivity contribution in [2.24, 2.45) is 0 Å². The summed E-state index contributed by atoms with van der Waals surface area (Å²) in [6.45, 7) is 1.00. The first-order valence-electron chi connectivity index (χ1n) is 9.02. The highest BCUT2D eigenvalue weighted by Gasteiger charge is 2.22. The van der Waals surface area contributed by atoms with Crippen molar-refractivity contribution in [3.8, 4) is 11.5 Å². The zero-order chi connectivity index (χ0) is 19.8. The number of nitrogen functional groups attached to an aromatic ring is 1. The van der Waals surface area contributed by atoms with E-state index in [4.69, 9.17) is 20.2 Å². The van der Waals surface area contributed by atoms with E-state index in [0.29, 0.717) is 5.82 Å². The molecule has 4 aromatic rings. The Morgan fingerprint density at radius 3 is 2.79 bits per heavy atom. The molecule has 0 fully saturated rings. The van der Waals surface area contributed by atoms with Crippen LogP contribution in [0.15, 0.2) is 63.3 Å². The molecule has 0 amide bonds. The highest BCUT2D eigenvalue weighted by molar-refractivity contribution is 9.10. The monoisotopic (exact) mass is 470 g/mol. The SMILES string of the molecule is Nc1nc[n+](CCc2ccccc2)c2nc(Sc3cc4c(cc3Br)OCO4)[nH]c12. The molecule has 0 bridgehead atoms. The Hall–Kier alpha value is -2.78. The molecule has 7 nitrogen and oxygen atoms in total. The maximum Gasteiger partial charge on any atom is 0.294 e. The molecule has 3 heterocycles. The topological polar surface area (TPSA) is 89.9 Å². The van der Waals surface area contributed by atoms with E-state index in [2.05, 4.69) is 38.0 Å². The molecule has 1 aliphatic rings. The zero-order valence-corrected chi connectivity index (χ0v) is 17.7. The molecular weight excluding hydrogens is 454 g/mol. The molecule has 29 heavy (non-hydrogen) atoms. The molecule has 0 atom stereocenters. The number of nitrogens with one attached hydrogen (secondary N) is 1. The van der Waals surface area contributed by atoms with Crippen molar-refractivity contribution in [1.82, 2.24) is 15.0 Å². The fourth-order valence-corrected chi connectivity index (χ4v) is 4.55. The Kier molecular flexibility index (Phi) is 4.76. The lowest BCUT2D eigenvalue weighted by atomic mass is 10.1. The van der Waals surface area contributed by atoms with Crippen LogP contribution in [0, 0.1) is 0 Å². The summed E-state index contributed by atoms with van der Waals surface area (Å²) in [6, 6.07) is 14.2. The van der Waals surface area contributed by atoms with Crippen molar-refractivity contribution in [2.75, 3.05) is 12.5 Å². The van der Waals surface area contributed by atoms with Gasteiger partial charge in [-0.25, -0.2) is 4.57 Å². The number of nitrogens with zero attached hydrogens (tertiary/aromatic N) is 3. The molecule has 9 heteroatoms. The summed E-state index contributed by atoms with van der Waals surface area (Å²) in [5.41, 5.74) is 8.88. The van der Waals surface area contributed by atoms with Crippen molar-refractivity contribution in [2.45, 2.75) is 23.0 Å². The number of anilines is 1. The van der Waals surface area contributed by atoms with E-state index in [1.807, 2.05) is 34.9 Å². The minimum absolute atomic E-state index is 0.240. The van der Waals surface area contributed by atoms with Crippen LogP contribution in [0.1, 0.15) is 5.56 Å². The zero-order valence-electron chi connectivity index (χ0n) is 15.3. The molecule has 0 radical (unpaired) electrons. The minimum Gasteiger partial charge on any atom is -0.454 e. The first-order valence-corrected chi connectivity index (χ1v) is 10.6. The maximum absolute atomic E-state index is 6.09. The number of aromatic nitrogens is 4. The van der Waals surface area contributed by atoms with Gasteiger partial charge in [-0.2, -0.15) is 0 Å². The third-order valence-electron chi connectivity index (χ3n) is 4.65. The molecule has 0 saturated carbocycles. The summed E-state index contributed by atoms with van der Waals surface area (Å²) in [4.78, 5) is 13.4. The van der Waals surface area contributed by atoms with Gasteiger partial charge >= 0.3 is 0 Å². The van der Waals surface area contributed by atoms with E-state index in [1.165, 1.54) is 17.3 Å². The normalized spacial score (nSPS) is 12.6. The highest BCUT2D eigenvalue weighted by Crippen LogP contribution is 2.42. The van der Waals surface area contributed by atoms with E-state index in [9.17, 15) is 0 Å². The molecule has 0 saturated heterocycles. The number of aryl methyl sites for hydroxylation is 2. The van der Waals surface area contributed by atoms with Crippen LogP contribution in [0.25, 0.3) is 11.2 Å². The summed E-state index contributed by atoms with van der Waals surface area (Å²) in [5, 5.41) is 0.729. The number of aromatic amines is 1. The highest BCUT2D eigenvalue weighted by atomic mass is 79.9. The van der Waals surface area contributed by atoms with Crippen LogP contribution in [0.5, 0.6) is 11.5 Å². The molecule has 2 aromatic heterocycles. The summed E-state index contributed by atoms with van der Waals surface area (Å²) in [7, 11) is 0. The largest absolute Gasteiger partial charge is 0.454 e. The molecule has 5 rings (SSSR count). The molecule has 3 N–H and O–H groups in total. The second-order valence-corrected chi connectivity index (χ2v) is 8.42. The van der Waals surface area contributed by atoms with Gasteiger partial charge in [0.05, 0.1) is 6.54 Å². The standard InChI is InChI=1S/C20H16BrN5O2S/c21-13-8-14-15(28-11-27-14)9-16(13)29-20-24-17-18(22)23-10-26(19(17)25-20)7-6-12-4-2-1-3-5-12/h1-5,8-10H,6-7,11H2,(H2,22,24,25)/p+1. The number of imidazole rings is 1. The molecule has 2 aromatic carbocycles. The lowest BCUT2D eigenvalue weighted by Gasteiger charge is -2.03. The number of nitrogens with two attached hydrogens (primary N) is 1. The number of rotatable bonds is 5. The van der Waals surface area contributed by atoms with Crippen LogP contribution < -0.4 is 19.8 Å². The number of hydrogen-bond donors (Lipinski definition) is 2. The van der Waals surface area contributed by atoms with Gasteiger partial charge in [-0.1, -0.05) is 40.3 Å². The second-order valence-electron chi connectivity index (χ2n) is 6.54. The van der Waals surface area contributed by atoms with Gasteiger partial charge in [-0.05, 0) is 45.4 Å². The van der Waals surface area contributed by atoms with E-state index in [1.54, 1.807) is 6.33 Å². The Labute approximate surface area is 179 Å². The predicted molar refractivity (Wildman–Crippen MR) is 113 cm³/mol. The number of H-pyrrole nitrogens is 1. The number of halogens is 1. The molecule has 1 aliphatic heterocycles. The van der Waals surface area contributed by atoms with Gasteiger partial charge in [0.15, 0.2) is 17.0 Å². The fraction of sp³-hybridized carbons (Fsp3) is 0.150. The predicted octanol–water partition coefficient (Wildman–Crippen LogP) is 3.71. The van der Waals surface area contributed by atoms with Gasteiger partial charge < -0.3 is 20.2 Å². The van der Waals surface area contributed by atoms with Gasteiger partial charge in [0.2, 0.25) is 24.1 Å². The van der Waals surface area contributed by atoms with Gasteiger partial charge in [0.1, 0.15) is 0 Å². The lowest BCUT2D eigenvalue weighted by molar-refractivity contribution is -0.675. The summed E-state index contributed by atoms with van der Waals surface area (Å²) >= 11 is 5.08. The number of benzene rings is 2. The van der Waals surface area contributed by atoms with Crippen LogP contribution in [0.3, 0.4) is 0 Å². The van der Waals surface area contributed by atoms with Crippen LogP contribution in [-0.2, 0) is 13.0 Å². The average molecular weight is 471 g/mol. The Morgan fingerprint density at radius 1 is 1.17 bits per heavy atom. The molecule has 0 spiro atoms. The number of fused-ring (bicyclic) bond motifs is 2. The van der Waals surface area contributed by atoms with Gasteiger partial charge in [-0.15, -0.1) is 0 Å². The number of hydrogen-bond acceptors (Lipinski definition) is 6. The van der Waals surface area contributed by atoms with Crippen LogP contribution in [0.4, 0.5) is 5.82 Å². The van der Waals surface area contributed by atoms with Gasteiger partial charge in [-0.3, -0.25) is 0 Å². The molecule has 146 valence electrons. The third kappa shape index (κ3) is 3.63. The maximum atomic E-state index is 6.09. The van der Waals surface area contributed by atoms with Crippen molar-refractivity contribution in [3.05, 3.63) is 58.8 Å².